The molecular weight excluding hydrogens is 194 g/mol. The Balaban J connectivity index is 2.22. The molecule has 0 saturated heterocycles. The van der Waals surface area contributed by atoms with Gasteiger partial charge in [0.1, 0.15) is 0 Å². The third kappa shape index (κ3) is 1.87. The van der Waals surface area contributed by atoms with Gasteiger partial charge in [0.15, 0.2) is 5.82 Å². The van der Waals surface area contributed by atoms with Gasteiger partial charge in [0, 0.05) is 18.8 Å². The number of nitrogens with zero attached hydrogens (tertiary/aromatic N) is 3. The number of nitrogens with one attached hydrogen (secondary N) is 1. The molecule has 0 aliphatic heterocycles. The maximum Gasteiger partial charge on any atom is 0.244 e. The number of aromatic amines is 1. The molecule has 1 unspecified atom stereocenters. The molecule has 15 heavy (non-hydrogen) atoms. The van der Waals surface area contributed by atoms with Gasteiger partial charge in [-0.1, -0.05) is 5.16 Å². The summed E-state index contributed by atoms with van der Waals surface area (Å²) in [4.78, 5) is 10.9. The van der Waals surface area contributed by atoms with Crippen LogP contribution < -0.4 is 5.73 Å². The molecule has 0 spiro atoms. The monoisotopic (exact) mass is 203 g/mol. The zero-order valence-electron chi connectivity index (χ0n) is 7.84. The Bertz CT molecular complexity index is 467. The van der Waals surface area contributed by atoms with E-state index in [4.69, 9.17) is 16.7 Å². The molecule has 6 nitrogen and oxygen atoms in total. The van der Waals surface area contributed by atoms with E-state index in [9.17, 15) is 0 Å². The molecule has 0 radical (unpaired) electrons. The van der Waals surface area contributed by atoms with Gasteiger partial charge in [-0.05, 0) is 0 Å². The summed E-state index contributed by atoms with van der Waals surface area (Å²) in [6.45, 7) is 0. The molecule has 2 heterocycles. The minimum atomic E-state index is -0.425. The molecule has 0 aromatic carbocycles. The summed E-state index contributed by atoms with van der Waals surface area (Å²) < 4.78 is 4.96. The van der Waals surface area contributed by atoms with Crippen LogP contribution >= 0.6 is 0 Å². The van der Waals surface area contributed by atoms with Gasteiger partial charge in [0.05, 0.1) is 6.04 Å². The Morgan fingerprint density at radius 3 is 3.20 bits per heavy atom. The topological polar surface area (TPSA) is 93.6 Å². The average Bonchev–Trinajstić information content (AvgIpc) is 2.89. The van der Waals surface area contributed by atoms with Gasteiger partial charge in [-0.2, -0.15) is 4.98 Å². The average molecular weight is 203 g/mol. The third-order valence-corrected chi connectivity index (χ3v) is 1.81. The predicted octanol–water partition coefficient (Wildman–Crippen LogP) is 0.483. The molecule has 3 N–H and O–H groups in total. The van der Waals surface area contributed by atoms with E-state index in [1.54, 1.807) is 12.4 Å². The number of terminal acetylenes is 1. The molecule has 0 saturated carbocycles. The Morgan fingerprint density at radius 2 is 2.53 bits per heavy atom. The summed E-state index contributed by atoms with van der Waals surface area (Å²) >= 11 is 0. The fraction of sp³-hybridized carbons (Fsp3) is 0.222. The molecule has 1 atom stereocenters. The maximum absolute atomic E-state index is 5.70. The summed E-state index contributed by atoms with van der Waals surface area (Å²) in [6, 6.07) is -0.425. The van der Waals surface area contributed by atoms with Crippen molar-refractivity contribution in [2.45, 2.75) is 12.5 Å². The second-order valence-corrected chi connectivity index (χ2v) is 2.91. The molecule has 2 aromatic heterocycles. The third-order valence-electron chi connectivity index (χ3n) is 1.81. The standard InChI is InChI=1S/C9H9N5O/c1-2-3-6(10)9-13-8(14-15-9)7-11-4-5-12-7/h1,4-6H,3,10H2,(H,11,12). The fourth-order valence-electron chi connectivity index (χ4n) is 1.08. The quantitative estimate of drug-likeness (QED) is 0.708. The summed E-state index contributed by atoms with van der Waals surface area (Å²) in [5.41, 5.74) is 5.70. The lowest BCUT2D eigenvalue weighted by molar-refractivity contribution is 0.356. The first-order valence-corrected chi connectivity index (χ1v) is 4.33. The smallest absolute Gasteiger partial charge is 0.244 e. The zero-order valence-corrected chi connectivity index (χ0v) is 7.84. The van der Waals surface area contributed by atoms with Crippen molar-refractivity contribution in [3.63, 3.8) is 0 Å². The number of H-pyrrole nitrogens is 1. The Labute approximate surface area is 85.9 Å². The molecule has 0 amide bonds. The van der Waals surface area contributed by atoms with Crippen LogP contribution in [0.3, 0.4) is 0 Å². The Kier molecular flexibility index (Phi) is 2.48. The first kappa shape index (κ1) is 9.43. The van der Waals surface area contributed by atoms with Crippen LogP contribution in [0, 0.1) is 12.3 Å². The van der Waals surface area contributed by atoms with Crippen LogP contribution in [0.4, 0.5) is 0 Å². The van der Waals surface area contributed by atoms with E-state index in [0.29, 0.717) is 24.0 Å². The number of hydrogen-bond acceptors (Lipinski definition) is 5. The molecule has 0 fully saturated rings. The highest BCUT2D eigenvalue weighted by atomic mass is 16.5. The molecule has 6 heteroatoms. The largest absolute Gasteiger partial charge is 0.342 e. The van der Waals surface area contributed by atoms with E-state index in [2.05, 4.69) is 26.0 Å². The summed E-state index contributed by atoms with van der Waals surface area (Å²) in [5.74, 6) is 3.67. The van der Waals surface area contributed by atoms with Crippen LogP contribution in [0.25, 0.3) is 11.6 Å². The van der Waals surface area contributed by atoms with Crippen molar-refractivity contribution < 1.29 is 4.52 Å². The van der Waals surface area contributed by atoms with Gasteiger partial charge < -0.3 is 15.2 Å². The van der Waals surface area contributed by atoms with Crippen LogP contribution in [0.5, 0.6) is 0 Å². The van der Waals surface area contributed by atoms with Gasteiger partial charge in [0.25, 0.3) is 0 Å². The van der Waals surface area contributed by atoms with Gasteiger partial charge in [-0.15, -0.1) is 12.3 Å². The molecule has 2 rings (SSSR count). The van der Waals surface area contributed by atoms with Crippen molar-refractivity contribution in [2.75, 3.05) is 0 Å². The lowest BCUT2D eigenvalue weighted by Crippen LogP contribution is -2.09. The summed E-state index contributed by atoms with van der Waals surface area (Å²) in [5, 5.41) is 3.73. The highest BCUT2D eigenvalue weighted by molar-refractivity contribution is 5.40. The SMILES string of the molecule is C#CCC(N)c1nc(-c2ncc[nH]2)no1. The number of hydrogen-bond donors (Lipinski definition) is 2. The number of imidazole rings is 1. The summed E-state index contributed by atoms with van der Waals surface area (Å²) in [6.07, 6.45) is 8.77. The van der Waals surface area contributed by atoms with Crippen LogP contribution in [0.2, 0.25) is 0 Å². The minimum absolute atomic E-state index is 0.319. The highest BCUT2D eigenvalue weighted by Crippen LogP contribution is 2.15. The lowest BCUT2D eigenvalue weighted by Gasteiger charge is -1.98. The van der Waals surface area contributed by atoms with Gasteiger partial charge in [-0.3, -0.25) is 0 Å². The van der Waals surface area contributed by atoms with Crippen LogP contribution in [-0.4, -0.2) is 20.1 Å². The van der Waals surface area contributed by atoms with Gasteiger partial charge >= 0.3 is 0 Å². The lowest BCUT2D eigenvalue weighted by atomic mass is 10.2. The van der Waals surface area contributed by atoms with Crippen molar-refractivity contribution in [3.8, 4) is 24.0 Å². The number of nitrogens with two attached hydrogens (primary N) is 1. The minimum Gasteiger partial charge on any atom is -0.342 e. The van der Waals surface area contributed by atoms with E-state index in [-0.39, 0.29) is 0 Å². The van der Waals surface area contributed by atoms with E-state index in [1.165, 1.54) is 0 Å². The van der Waals surface area contributed by atoms with Crippen molar-refractivity contribution >= 4 is 0 Å². The van der Waals surface area contributed by atoms with Gasteiger partial charge in [0.2, 0.25) is 11.7 Å². The van der Waals surface area contributed by atoms with Crippen LogP contribution in [-0.2, 0) is 0 Å². The van der Waals surface area contributed by atoms with E-state index >= 15 is 0 Å². The molecular formula is C9H9N5O. The fourth-order valence-corrected chi connectivity index (χ4v) is 1.08. The van der Waals surface area contributed by atoms with E-state index < -0.39 is 6.04 Å². The predicted molar refractivity (Wildman–Crippen MR) is 52.3 cm³/mol. The molecule has 2 aromatic rings. The van der Waals surface area contributed by atoms with Crippen molar-refractivity contribution in [1.82, 2.24) is 20.1 Å². The first-order chi connectivity index (χ1) is 7.31. The molecule has 0 aliphatic carbocycles. The Morgan fingerprint density at radius 1 is 1.67 bits per heavy atom. The number of rotatable bonds is 3. The van der Waals surface area contributed by atoms with E-state index in [0.717, 1.165) is 0 Å². The van der Waals surface area contributed by atoms with Crippen molar-refractivity contribution in [2.24, 2.45) is 5.73 Å². The first-order valence-electron chi connectivity index (χ1n) is 4.33. The maximum atomic E-state index is 5.70. The highest BCUT2D eigenvalue weighted by Gasteiger charge is 2.15. The van der Waals surface area contributed by atoms with Crippen molar-refractivity contribution in [1.29, 1.82) is 0 Å². The number of aromatic nitrogens is 4. The Hall–Kier alpha value is -2.13. The van der Waals surface area contributed by atoms with Gasteiger partial charge in [-0.25, -0.2) is 4.98 Å². The molecule has 0 bridgehead atoms. The van der Waals surface area contributed by atoms with E-state index in [1.807, 2.05) is 0 Å². The van der Waals surface area contributed by atoms with Crippen LogP contribution in [0.1, 0.15) is 18.4 Å². The second-order valence-electron chi connectivity index (χ2n) is 2.91. The van der Waals surface area contributed by atoms with Crippen molar-refractivity contribution in [3.05, 3.63) is 18.3 Å². The zero-order chi connectivity index (χ0) is 10.7. The summed E-state index contributed by atoms with van der Waals surface area (Å²) in [7, 11) is 0. The molecule has 76 valence electrons. The normalized spacial score (nSPS) is 12.3. The van der Waals surface area contributed by atoms with Crippen LogP contribution in [0.15, 0.2) is 16.9 Å². The second kappa shape index (κ2) is 3.94. The molecule has 0 aliphatic rings.